The molecule has 2 N–H and O–H groups in total. The molecule has 0 atom stereocenters. The van der Waals surface area contributed by atoms with Gasteiger partial charge in [0.25, 0.3) is 0 Å². The second-order valence-corrected chi connectivity index (χ2v) is 5.24. The van der Waals surface area contributed by atoms with Crippen molar-refractivity contribution in [2.75, 3.05) is 5.32 Å². The van der Waals surface area contributed by atoms with Gasteiger partial charge in [-0.25, -0.2) is 9.18 Å². The number of hydrogen-bond donors (Lipinski definition) is 2. The van der Waals surface area contributed by atoms with Gasteiger partial charge in [0.05, 0.1) is 6.54 Å². The van der Waals surface area contributed by atoms with Crippen molar-refractivity contribution in [3.8, 4) is 5.75 Å². The molecule has 0 unspecified atom stereocenters. The van der Waals surface area contributed by atoms with Crippen molar-refractivity contribution < 1.29 is 18.4 Å². The Hall–Kier alpha value is -3.35. The van der Waals surface area contributed by atoms with Crippen LogP contribution in [0, 0.1) is 5.82 Å². The second-order valence-electron chi connectivity index (χ2n) is 5.24. The third kappa shape index (κ3) is 5.07. The van der Waals surface area contributed by atoms with Crippen molar-refractivity contribution in [3.63, 3.8) is 0 Å². The zero-order chi connectivity index (χ0) is 17.5. The van der Waals surface area contributed by atoms with Crippen LogP contribution in [0.3, 0.4) is 0 Å². The normalized spacial score (nSPS) is 10.3. The van der Waals surface area contributed by atoms with E-state index >= 15 is 0 Å². The predicted molar refractivity (Wildman–Crippen MR) is 89.5 cm³/mol. The van der Waals surface area contributed by atoms with Gasteiger partial charge in [0.1, 0.15) is 30.1 Å². The number of nitrogens with zero attached hydrogens (tertiary/aromatic N) is 1. The molecule has 6 nitrogen and oxygen atoms in total. The maximum atomic E-state index is 13.2. The van der Waals surface area contributed by atoms with Gasteiger partial charge in [-0.2, -0.15) is 0 Å². The number of amides is 2. The molecule has 25 heavy (non-hydrogen) atoms. The van der Waals surface area contributed by atoms with E-state index in [0.29, 0.717) is 17.1 Å². The largest absolute Gasteiger partial charge is 0.489 e. The smallest absolute Gasteiger partial charge is 0.319 e. The molecular formula is C18H16FN3O3. The lowest BCUT2D eigenvalue weighted by Gasteiger charge is -2.10. The first kappa shape index (κ1) is 16.5. The molecule has 0 saturated heterocycles. The van der Waals surface area contributed by atoms with E-state index in [4.69, 9.17) is 4.74 Å². The van der Waals surface area contributed by atoms with Crippen LogP contribution < -0.4 is 15.4 Å². The summed E-state index contributed by atoms with van der Waals surface area (Å²) in [6.45, 7) is 0.498. The number of halogens is 1. The molecule has 0 bridgehead atoms. The summed E-state index contributed by atoms with van der Waals surface area (Å²) in [6.07, 6.45) is 1.44. The third-order valence-electron chi connectivity index (χ3n) is 3.31. The Bertz CT molecular complexity index is 837. The van der Waals surface area contributed by atoms with Gasteiger partial charge in [0, 0.05) is 17.8 Å². The van der Waals surface area contributed by atoms with Crippen molar-refractivity contribution in [3.05, 3.63) is 77.9 Å². The summed E-state index contributed by atoms with van der Waals surface area (Å²) in [4.78, 5) is 11.9. The average molecular weight is 341 g/mol. The zero-order valence-electron chi connectivity index (χ0n) is 13.2. The van der Waals surface area contributed by atoms with E-state index in [1.165, 1.54) is 18.4 Å². The molecule has 3 aromatic rings. The topological polar surface area (TPSA) is 76.4 Å². The Morgan fingerprint density at radius 2 is 2.04 bits per heavy atom. The zero-order valence-corrected chi connectivity index (χ0v) is 13.2. The Morgan fingerprint density at radius 1 is 1.16 bits per heavy atom. The summed E-state index contributed by atoms with van der Waals surface area (Å²) in [5, 5.41) is 9.07. The fourth-order valence-electron chi connectivity index (χ4n) is 2.13. The summed E-state index contributed by atoms with van der Waals surface area (Å²) in [6, 6.07) is 14.5. The van der Waals surface area contributed by atoms with Crippen LogP contribution in [-0.4, -0.2) is 11.2 Å². The summed E-state index contributed by atoms with van der Waals surface area (Å²) in [5.74, 6) is 0.263. The van der Waals surface area contributed by atoms with Crippen molar-refractivity contribution in [1.29, 1.82) is 0 Å². The van der Waals surface area contributed by atoms with Crippen LogP contribution in [0.2, 0.25) is 0 Å². The number of urea groups is 1. The number of rotatable bonds is 6. The molecule has 1 heterocycles. The lowest BCUT2D eigenvalue weighted by molar-refractivity contribution is 0.251. The van der Waals surface area contributed by atoms with E-state index in [0.717, 1.165) is 5.56 Å². The Labute approximate surface area is 143 Å². The van der Waals surface area contributed by atoms with Gasteiger partial charge in [-0.15, -0.1) is 0 Å². The van der Waals surface area contributed by atoms with E-state index in [1.54, 1.807) is 42.5 Å². The van der Waals surface area contributed by atoms with E-state index in [2.05, 4.69) is 20.3 Å². The summed E-state index contributed by atoms with van der Waals surface area (Å²) >= 11 is 0. The number of ether oxygens (including phenoxy) is 1. The molecule has 1 aromatic heterocycles. The first-order valence-corrected chi connectivity index (χ1v) is 7.60. The minimum atomic E-state index is -0.370. The number of carbonyl (C=O) groups is 1. The Balaban J connectivity index is 1.53. The highest BCUT2D eigenvalue weighted by Crippen LogP contribution is 2.18. The number of hydrogen-bond acceptors (Lipinski definition) is 4. The van der Waals surface area contributed by atoms with E-state index in [-0.39, 0.29) is 25.0 Å². The first-order chi connectivity index (χ1) is 12.2. The average Bonchev–Trinajstić information content (AvgIpc) is 3.12. The van der Waals surface area contributed by atoms with Gasteiger partial charge in [-0.3, -0.25) is 0 Å². The van der Waals surface area contributed by atoms with Crippen LogP contribution in [0.4, 0.5) is 14.9 Å². The standard InChI is InChI=1S/C18H16FN3O3/c19-14-4-1-3-13(9-14)12-24-17-6-2-5-15(10-17)21-18(23)20-11-16-7-8-25-22-16/h1-10H,11-12H2,(H2,20,21,23). The van der Waals surface area contributed by atoms with Gasteiger partial charge in [-0.1, -0.05) is 23.4 Å². The van der Waals surface area contributed by atoms with Gasteiger partial charge < -0.3 is 19.9 Å². The molecule has 128 valence electrons. The fraction of sp³-hybridized carbons (Fsp3) is 0.111. The number of anilines is 1. The van der Waals surface area contributed by atoms with Crippen LogP contribution in [0.1, 0.15) is 11.3 Å². The molecule has 0 aliphatic heterocycles. The number of carbonyl (C=O) groups excluding carboxylic acids is 1. The molecule has 2 aromatic carbocycles. The Morgan fingerprint density at radius 3 is 2.84 bits per heavy atom. The SMILES string of the molecule is O=C(NCc1ccon1)Nc1cccc(OCc2cccc(F)c2)c1. The van der Waals surface area contributed by atoms with E-state index in [9.17, 15) is 9.18 Å². The van der Waals surface area contributed by atoms with Crippen LogP contribution in [0.5, 0.6) is 5.75 Å². The quantitative estimate of drug-likeness (QED) is 0.716. The highest BCUT2D eigenvalue weighted by molar-refractivity contribution is 5.89. The second kappa shape index (κ2) is 7.96. The maximum Gasteiger partial charge on any atom is 0.319 e. The molecule has 2 amide bonds. The van der Waals surface area contributed by atoms with Crippen LogP contribution in [0.25, 0.3) is 0 Å². The minimum Gasteiger partial charge on any atom is -0.489 e. The molecule has 7 heteroatoms. The van der Waals surface area contributed by atoms with Crippen molar-refractivity contribution in [2.24, 2.45) is 0 Å². The predicted octanol–water partition coefficient (Wildman–Crippen LogP) is 3.71. The van der Waals surface area contributed by atoms with Gasteiger partial charge in [0.15, 0.2) is 0 Å². The van der Waals surface area contributed by atoms with Crippen molar-refractivity contribution >= 4 is 11.7 Å². The van der Waals surface area contributed by atoms with E-state index in [1.807, 2.05) is 0 Å². The molecule has 0 saturated carbocycles. The first-order valence-electron chi connectivity index (χ1n) is 7.60. The molecule has 0 radical (unpaired) electrons. The third-order valence-corrected chi connectivity index (χ3v) is 3.31. The molecule has 0 aliphatic rings. The molecular weight excluding hydrogens is 325 g/mol. The van der Waals surface area contributed by atoms with Gasteiger partial charge >= 0.3 is 6.03 Å². The minimum absolute atomic E-state index is 0.236. The highest BCUT2D eigenvalue weighted by Gasteiger charge is 2.05. The van der Waals surface area contributed by atoms with Crippen LogP contribution in [-0.2, 0) is 13.2 Å². The molecule has 0 spiro atoms. The van der Waals surface area contributed by atoms with Crippen molar-refractivity contribution in [2.45, 2.75) is 13.2 Å². The monoisotopic (exact) mass is 341 g/mol. The maximum absolute atomic E-state index is 13.2. The Kier molecular flexibility index (Phi) is 5.26. The molecule has 0 fully saturated rings. The number of nitrogens with one attached hydrogen (secondary N) is 2. The van der Waals surface area contributed by atoms with Gasteiger partial charge in [0.2, 0.25) is 0 Å². The van der Waals surface area contributed by atoms with Crippen LogP contribution in [0.15, 0.2) is 65.4 Å². The van der Waals surface area contributed by atoms with Gasteiger partial charge in [-0.05, 0) is 29.8 Å². The lowest BCUT2D eigenvalue weighted by Crippen LogP contribution is -2.28. The fourth-order valence-corrected chi connectivity index (χ4v) is 2.13. The molecule has 0 aliphatic carbocycles. The summed E-state index contributed by atoms with van der Waals surface area (Å²) < 4.78 is 23.5. The lowest BCUT2D eigenvalue weighted by atomic mass is 10.2. The van der Waals surface area contributed by atoms with Crippen molar-refractivity contribution in [1.82, 2.24) is 10.5 Å². The number of aromatic nitrogens is 1. The molecule has 3 rings (SSSR count). The highest BCUT2D eigenvalue weighted by atomic mass is 19.1. The summed E-state index contributed by atoms with van der Waals surface area (Å²) in [7, 11) is 0. The number of benzene rings is 2. The van der Waals surface area contributed by atoms with E-state index < -0.39 is 0 Å². The summed E-state index contributed by atoms with van der Waals surface area (Å²) in [5.41, 5.74) is 1.93. The van der Waals surface area contributed by atoms with Crippen LogP contribution >= 0.6 is 0 Å².